The van der Waals surface area contributed by atoms with Crippen molar-refractivity contribution in [3.05, 3.63) is 80.5 Å². The zero-order valence-electron chi connectivity index (χ0n) is 16.5. The van der Waals surface area contributed by atoms with E-state index in [1.807, 2.05) is 0 Å². The number of aliphatic carboxylic acids is 2. The number of nitrogens with zero attached hydrogens (tertiary/aromatic N) is 6. The van der Waals surface area contributed by atoms with Crippen molar-refractivity contribution < 1.29 is 29.4 Å². The fraction of sp³-hybridized carbons (Fsp3) is 0.200. The lowest BCUT2D eigenvalue weighted by Gasteiger charge is -2.27. The maximum Gasteiger partial charge on any atom is 0.325 e. The van der Waals surface area contributed by atoms with Crippen LogP contribution in [0.15, 0.2) is 58.8 Å². The van der Waals surface area contributed by atoms with Crippen molar-refractivity contribution in [2.24, 2.45) is 15.6 Å². The molecule has 12 heteroatoms. The van der Waals surface area contributed by atoms with E-state index in [1.165, 1.54) is 48.5 Å². The van der Waals surface area contributed by atoms with Gasteiger partial charge < -0.3 is 10.2 Å². The molecule has 0 bridgehead atoms. The summed E-state index contributed by atoms with van der Waals surface area (Å²) in [6.45, 7) is 0. The zero-order chi connectivity index (χ0) is 23.7. The SMILES string of the molecule is [N-]=[N+]=Nc1ccc(C(=O)C(CCCC(=O)O)(C(=O)O)C(=O)c2ccc(N=[N+]=[N-])cc2)cc1. The lowest BCUT2D eigenvalue weighted by Crippen LogP contribution is -2.46. The molecule has 2 rings (SSSR count). The molecule has 0 aliphatic heterocycles. The van der Waals surface area contributed by atoms with E-state index >= 15 is 0 Å². The van der Waals surface area contributed by atoms with Gasteiger partial charge in [0.2, 0.25) is 0 Å². The quantitative estimate of drug-likeness (QED) is 0.163. The number of ketones is 2. The molecule has 0 radical (unpaired) electrons. The number of carbonyl (C=O) groups excluding carboxylic acids is 2. The molecular formula is C20H16N6O6. The Labute approximate surface area is 180 Å². The molecular weight excluding hydrogens is 420 g/mol. The van der Waals surface area contributed by atoms with Gasteiger partial charge in [0.15, 0.2) is 17.0 Å². The molecule has 0 spiro atoms. The predicted molar refractivity (Wildman–Crippen MR) is 111 cm³/mol. The first-order valence-electron chi connectivity index (χ1n) is 9.11. The number of carbonyl (C=O) groups is 4. The van der Waals surface area contributed by atoms with E-state index in [4.69, 9.17) is 16.2 Å². The van der Waals surface area contributed by atoms with Gasteiger partial charge in [0.25, 0.3) is 0 Å². The van der Waals surface area contributed by atoms with Crippen molar-refractivity contribution in [3.63, 3.8) is 0 Å². The topological polar surface area (TPSA) is 206 Å². The molecule has 32 heavy (non-hydrogen) atoms. The van der Waals surface area contributed by atoms with Crippen LogP contribution in [0.5, 0.6) is 0 Å². The fourth-order valence-corrected chi connectivity index (χ4v) is 3.09. The number of carboxylic acid groups (broad SMARTS) is 2. The molecule has 0 aliphatic carbocycles. The number of azide groups is 2. The van der Waals surface area contributed by atoms with E-state index < -0.39 is 41.8 Å². The number of rotatable bonds is 11. The molecule has 12 nitrogen and oxygen atoms in total. The summed E-state index contributed by atoms with van der Waals surface area (Å²) in [6, 6.07) is 10.0. The number of Topliss-reactive ketones (excluding diaryl/α,β-unsaturated/α-hetero) is 2. The van der Waals surface area contributed by atoms with Crippen molar-refractivity contribution in [2.75, 3.05) is 0 Å². The molecule has 2 aromatic carbocycles. The Morgan fingerprint density at radius 1 is 0.781 bits per heavy atom. The first-order chi connectivity index (χ1) is 15.3. The summed E-state index contributed by atoms with van der Waals surface area (Å²) in [5, 5.41) is 25.7. The molecule has 2 aromatic rings. The highest BCUT2D eigenvalue weighted by Crippen LogP contribution is 2.35. The standard InChI is InChI=1S/C20H16N6O6/c21-25-23-14-7-3-12(4-8-14)17(29)20(19(31)32,11-1-2-16(27)28)18(30)13-5-9-15(10-6-13)24-26-22/h3-10H,1-2,11H2,(H,27,28)(H,31,32). The minimum Gasteiger partial charge on any atom is -0.481 e. The van der Waals surface area contributed by atoms with Gasteiger partial charge in [-0.1, -0.05) is 58.8 Å². The van der Waals surface area contributed by atoms with Gasteiger partial charge in [-0.15, -0.1) is 0 Å². The van der Waals surface area contributed by atoms with Crippen molar-refractivity contribution in [3.8, 4) is 0 Å². The first-order valence-corrected chi connectivity index (χ1v) is 9.11. The number of carboxylic acids is 2. The Morgan fingerprint density at radius 2 is 1.19 bits per heavy atom. The highest BCUT2D eigenvalue weighted by atomic mass is 16.4. The molecule has 0 atom stereocenters. The molecule has 0 amide bonds. The Hall–Kier alpha value is -4.66. The Balaban J connectivity index is 2.57. The van der Waals surface area contributed by atoms with Crippen molar-refractivity contribution in [2.45, 2.75) is 19.3 Å². The van der Waals surface area contributed by atoms with Crippen molar-refractivity contribution >= 4 is 34.9 Å². The minimum atomic E-state index is -2.59. The van der Waals surface area contributed by atoms with E-state index in [1.54, 1.807) is 0 Å². The fourth-order valence-electron chi connectivity index (χ4n) is 3.09. The van der Waals surface area contributed by atoms with Crippen LogP contribution in [0.1, 0.15) is 40.0 Å². The molecule has 0 saturated carbocycles. The third-order valence-corrected chi connectivity index (χ3v) is 4.66. The van der Waals surface area contributed by atoms with Crippen LogP contribution in [0.25, 0.3) is 20.9 Å². The van der Waals surface area contributed by atoms with E-state index in [9.17, 15) is 24.3 Å². The number of hydrogen-bond donors (Lipinski definition) is 2. The van der Waals surface area contributed by atoms with Crippen LogP contribution in [0.2, 0.25) is 0 Å². The molecule has 0 fully saturated rings. The van der Waals surface area contributed by atoms with Gasteiger partial charge in [-0.25, -0.2) is 0 Å². The molecule has 162 valence electrons. The monoisotopic (exact) mass is 436 g/mol. The predicted octanol–water partition coefficient (Wildman–Crippen LogP) is 4.96. The zero-order valence-corrected chi connectivity index (χ0v) is 16.5. The van der Waals surface area contributed by atoms with E-state index in [-0.39, 0.29) is 28.9 Å². The van der Waals surface area contributed by atoms with Crippen LogP contribution in [-0.4, -0.2) is 33.7 Å². The van der Waals surface area contributed by atoms with Crippen LogP contribution in [-0.2, 0) is 9.59 Å². The number of benzene rings is 2. The molecule has 0 heterocycles. The summed E-state index contributed by atoms with van der Waals surface area (Å²) in [4.78, 5) is 55.1. The van der Waals surface area contributed by atoms with E-state index in [0.717, 1.165) is 0 Å². The normalized spacial score (nSPS) is 11.9. The van der Waals surface area contributed by atoms with Gasteiger partial charge in [-0.05, 0) is 23.9 Å². The summed E-state index contributed by atoms with van der Waals surface area (Å²) < 4.78 is 0. The van der Waals surface area contributed by atoms with E-state index in [0.29, 0.717) is 0 Å². The average molecular weight is 436 g/mol. The summed E-state index contributed by atoms with van der Waals surface area (Å²) in [5.41, 5.74) is 14.5. The molecule has 2 N–H and O–H groups in total. The third kappa shape index (κ3) is 5.08. The van der Waals surface area contributed by atoms with Crippen LogP contribution in [0, 0.1) is 5.41 Å². The van der Waals surface area contributed by atoms with Crippen LogP contribution in [0.4, 0.5) is 11.4 Å². The van der Waals surface area contributed by atoms with Crippen LogP contribution in [0.3, 0.4) is 0 Å². The maximum absolute atomic E-state index is 13.3. The molecule has 0 saturated heterocycles. The first kappa shape index (κ1) is 23.6. The van der Waals surface area contributed by atoms with Gasteiger partial charge >= 0.3 is 11.9 Å². The Morgan fingerprint density at radius 3 is 1.50 bits per heavy atom. The summed E-state index contributed by atoms with van der Waals surface area (Å²) in [5.74, 6) is -5.00. The van der Waals surface area contributed by atoms with Gasteiger partial charge in [0, 0.05) is 38.7 Å². The van der Waals surface area contributed by atoms with Gasteiger partial charge in [0.05, 0.1) is 0 Å². The lowest BCUT2D eigenvalue weighted by molar-refractivity contribution is -0.144. The molecule has 0 aromatic heterocycles. The second kappa shape index (κ2) is 10.4. The Kier molecular flexibility index (Phi) is 7.67. The van der Waals surface area contributed by atoms with Crippen LogP contribution < -0.4 is 0 Å². The number of hydrogen-bond acceptors (Lipinski definition) is 6. The Bertz CT molecular complexity index is 1070. The van der Waals surface area contributed by atoms with Crippen LogP contribution >= 0.6 is 0 Å². The second-order valence-corrected chi connectivity index (χ2v) is 6.59. The average Bonchev–Trinajstić information content (AvgIpc) is 2.77. The lowest BCUT2D eigenvalue weighted by atomic mass is 9.71. The summed E-state index contributed by atoms with van der Waals surface area (Å²) in [6.07, 6.45) is -1.24. The van der Waals surface area contributed by atoms with Crippen molar-refractivity contribution in [1.29, 1.82) is 0 Å². The summed E-state index contributed by atoms with van der Waals surface area (Å²) in [7, 11) is 0. The summed E-state index contributed by atoms with van der Waals surface area (Å²) >= 11 is 0. The molecule has 0 unspecified atom stereocenters. The highest BCUT2D eigenvalue weighted by Gasteiger charge is 2.52. The molecule has 0 aliphatic rings. The second-order valence-electron chi connectivity index (χ2n) is 6.59. The highest BCUT2D eigenvalue weighted by molar-refractivity contribution is 6.30. The third-order valence-electron chi connectivity index (χ3n) is 4.66. The van der Waals surface area contributed by atoms with Gasteiger partial charge in [-0.3, -0.25) is 19.2 Å². The smallest absolute Gasteiger partial charge is 0.325 e. The van der Waals surface area contributed by atoms with Gasteiger partial charge in [-0.2, -0.15) is 0 Å². The van der Waals surface area contributed by atoms with Gasteiger partial charge in [0.1, 0.15) is 0 Å². The van der Waals surface area contributed by atoms with E-state index in [2.05, 4.69) is 20.1 Å². The largest absolute Gasteiger partial charge is 0.481 e. The maximum atomic E-state index is 13.3. The minimum absolute atomic E-state index is 0.126. The van der Waals surface area contributed by atoms with Crippen molar-refractivity contribution in [1.82, 2.24) is 0 Å².